The van der Waals surface area contributed by atoms with Gasteiger partial charge in [0.1, 0.15) is 23.0 Å². The molecular formula is C26H26ClN3O4. The third-order valence-electron chi connectivity index (χ3n) is 5.44. The number of nitrogens with zero attached hydrogens (tertiary/aromatic N) is 3. The van der Waals surface area contributed by atoms with E-state index in [9.17, 15) is 4.79 Å². The number of para-hydroxylation sites is 1. The zero-order valence-electron chi connectivity index (χ0n) is 19.2. The molecule has 0 aliphatic rings. The van der Waals surface area contributed by atoms with Crippen LogP contribution in [0.1, 0.15) is 30.0 Å². The number of benzene rings is 2. The molecule has 0 bridgehead atoms. The molecule has 0 amide bonds. The monoisotopic (exact) mass is 479 g/mol. The third-order valence-corrected chi connectivity index (χ3v) is 5.69. The summed E-state index contributed by atoms with van der Waals surface area (Å²) in [6, 6.07) is 15.8. The van der Waals surface area contributed by atoms with Crippen LogP contribution in [-0.4, -0.2) is 34.2 Å². The number of ether oxygens (including phenoxy) is 2. The molecule has 0 saturated heterocycles. The van der Waals surface area contributed by atoms with E-state index >= 15 is 0 Å². The smallest absolute Gasteiger partial charge is 0.307 e. The Morgan fingerprint density at radius 3 is 2.65 bits per heavy atom. The molecule has 4 rings (SSSR count). The number of hydrogen-bond acceptors (Lipinski definition) is 6. The molecular weight excluding hydrogens is 454 g/mol. The van der Waals surface area contributed by atoms with Crippen molar-refractivity contribution < 1.29 is 18.7 Å². The number of imidazole rings is 1. The molecule has 2 aromatic carbocycles. The van der Waals surface area contributed by atoms with Gasteiger partial charge in [-0.1, -0.05) is 41.9 Å². The second-order valence-electron chi connectivity index (χ2n) is 7.76. The highest BCUT2D eigenvalue weighted by Crippen LogP contribution is 2.28. The fourth-order valence-corrected chi connectivity index (χ4v) is 3.76. The number of carbonyl (C=O) groups is 1. The maximum Gasteiger partial charge on any atom is 0.307 e. The van der Waals surface area contributed by atoms with Crippen molar-refractivity contribution in [2.75, 3.05) is 13.7 Å². The molecule has 0 fully saturated rings. The highest BCUT2D eigenvalue weighted by molar-refractivity contribution is 6.30. The summed E-state index contributed by atoms with van der Waals surface area (Å²) in [5.41, 5.74) is 2.69. The van der Waals surface area contributed by atoms with Gasteiger partial charge in [-0.25, -0.2) is 4.98 Å². The molecule has 2 aromatic heterocycles. The molecule has 2 heterocycles. The number of rotatable bonds is 10. The van der Waals surface area contributed by atoms with Gasteiger partial charge >= 0.3 is 12.0 Å². The average molecular weight is 480 g/mol. The Labute approximate surface area is 203 Å². The van der Waals surface area contributed by atoms with Gasteiger partial charge in [-0.05, 0) is 43.5 Å². The van der Waals surface area contributed by atoms with Crippen LogP contribution in [-0.2, 0) is 22.4 Å². The van der Waals surface area contributed by atoms with Crippen molar-refractivity contribution in [2.24, 2.45) is 0 Å². The largest absolute Gasteiger partial charge is 0.493 e. The minimum Gasteiger partial charge on any atom is -0.493 e. The Kier molecular flexibility index (Phi) is 7.65. The molecule has 0 aliphatic carbocycles. The van der Waals surface area contributed by atoms with Gasteiger partial charge in [0.25, 0.3) is 0 Å². The quantitative estimate of drug-likeness (QED) is 0.217. The van der Waals surface area contributed by atoms with E-state index in [4.69, 9.17) is 30.5 Å². The molecule has 0 spiro atoms. The first-order valence-electron chi connectivity index (χ1n) is 11.1. The van der Waals surface area contributed by atoms with Crippen molar-refractivity contribution in [1.82, 2.24) is 14.5 Å². The van der Waals surface area contributed by atoms with Crippen molar-refractivity contribution in [3.05, 3.63) is 83.1 Å². The number of methoxy groups -OCH3 is 1. The van der Waals surface area contributed by atoms with Crippen molar-refractivity contribution in [3.8, 4) is 23.0 Å². The van der Waals surface area contributed by atoms with Gasteiger partial charge in [-0.2, -0.15) is 4.98 Å². The summed E-state index contributed by atoms with van der Waals surface area (Å²) >= 11 is 6.07. The van der Waals surface area contributed by atoms with Crippen LogP contribution in [0.2, 0.25) is 5.02 Å². The third kappa shape index (κ3) is 5.66. The number of esters is 1. The predicted octanol–water partition coefficient (Wildman–Crippen LogP) is 5.61. The summed E-state index contributed by atoms with van der Waals surface area (Å²) in [5, 5.41) is 0.665. The van der Waals surface area contributed by atoms with Gasteiger partial charge in [0.05, 0.1) is 13.7 Å². The SMILES string of the molecule is COC(=O)CCc1ccccc1OCCCc1oc(-n2ccnc2C)nc1-c1ccc(Cl)cc1. The first-order chi connectivity index (χ1) is 16.5. The maximum absolute atomic E-state index is 11.5. The zero-order valence-corrected chi connectivity index (χ0v) is 19.9. The minimum atomic E-state index is -0.237. The lowest BCUT2D eigenvalue weighted by molar-refractivity contribution is -0.140. The number of aryl methyl sites for hydroxylation is 3. The van der Waals surface area contributed by atoms with E-state index < -0.39 is 0 Å². The summed E-state index contributed by atoms with van der Waals surface area (Å²) < 4.78 is 18.7. The van der Waals surface area contributed by atoms with Crippen LogP contribution >= 0.6 is 11.6 Å². The van der Waals surface area contributed by atoms with Crippen LogP contribution in [0.4, 0.5) is 0 Å². The van der Waals surface area contributed by atoms with E-state index in [0.717, 1.165) is 40.6 Å². The van der Waals surface area contributed by atoms with Crippen LogP contribution in [0.25, 0.3) is 17.3 Å². The molecule has 7 nitrogen and oxygen atoms in total. The summed E-state index contributed by atoms with van der Waals surface area (Å²) in [5.74, 6) is 2.10. The van der Waals surface area contributed by atoms with E-state index in [1.54, 1.807) is 6.20 Å². The van der Waals surface area contributed by atoms with Crippen LogP contribution in [0.5, 0.6) is 5.75 Å². The van der Waals surface area contributed by atoms with Crippen molar-refractivity contribution in [1.29, 1.82) is 0 Å². The number of aromatic nitrogens is 3. The number of halogens is 1. The van der Waals surface area contributed by atoms with Gasteiger partial charge in [0, 0.05) is 35.8 Å². The fourth-order valence-electron chi connectivity index (χ4n) is 3.63. The summed E-state index contributed by atoms with van der Waals surface area (Å²) in [4.78, 5) is 20.5. The lowest BCUT2D eigenvalue weighted by Crippen LogP contribution is -2.05. The molecule has 0 unspecified atom stereocenters. The maximum atomic E-state index is 11.5. The van der Waals surface area contributed by atoms with E-state index in [-0.39, 0.29) is 5.97 Å². The van der Waals surface area contributed by atoms with Crippen LogP contribution < -0.4 is 4.74 Å². The molecule has 8 heteroatoms. The summed E-state index contributed by atoms with van der Waals surface area (Å²) in [7, 11) is 1.39. The molecule has 34 heavy (non-hydrogen) atoms. The Morgan fingerprint density at radius 2 is 1.91 bits per heavy atom. The number of carbonyl (C=O) groups excluding carboxylic acids is 1. The molecule has 0 saturated carbocycles. The van der Waals surface area contributed by atoms with E-state index in [1.807, 2.05) is 66.2 Å². The van der Waals surface area contributed by atoms with Crippen molar-refractivity contribution in [3.63, 3.8) is 0 Å². The standard InChI is InChI=1S/C26H26ClN3O4/c1-18-28-15-16-30(18)26-29-25(20-9-12-21(27)13-10-20)23(34-26)8-5-17-33-22-7-4-3-6-19(22)11-14-24(31)32-2/h3-4,6-7,9-10,12-13,15-16H,5,8,11,14,17H2,1-2H3. The molecule has 0 atom stereocenters. The average Bonchev–Trinajstić information content (AvgIpc) is 3.47. The Balaban J connectivity index is 1.46. The van der Waals surface area contributed by atoms with E-state index in [2.05, 4.69) is 4.98 Å². The molecule has 176 valence electrons. The van der Waals surface area contributed by atoms with Gasteiger partial charge in [0.15, 0.2) is 0 Å². The second kappa shape index (κ2) is 11.0. The fraction of sp³-hybridized carbons (Fsp3) is 0.269. The number of oxazole rings is 1. The minimum absolute atomic E-state index is 0.237. The summed E-state index contributed by atoms with van der Waals surface area (Å²) in [6.45, 7) is 2.40. The van der Waals surface area contributed by atoms with Crippen LogP contribution in [0.3, 0.4) is 0 Å². The first-order valence-corrected chi connectivity index (χ1v) is 11.5. The van der Waals surface area contributed by atoms with Crippen molar-refractivity contribution >= 4 is 17.6 Å². The van der Waals surface area contributed by atoms with E-state index in [0.29, 0.717) is 36.9 Å². The van der Waals surface area contributed by atoms with Gasteiger partial charge in [0.2, 0.25) is 0 Å². The van der Waals surface area contributed by atoms with Crippen molar-refractivity contribution in [2.45, 2.75) is 32.6 Å². The highest BCUT2D eigenvalue weighted by Gasteiger charge is 2.17. The van der Waals surface area contributed by atoms with Gasteiger partial charge in [-0.15, -0.1) is 0 Å². The second-order valence-corrected chi connectivity index (χ2v) is 8.19. The molecule has 0 radical (unpaired) electrons. The first kappa shape index (κ1) is 23.6. The lowest BCUT2D eigenvalue weighted by Gasteiger charge is -2.11. The zero-order chi connectivity index (χ0) is 23.9. The summed E-state index contributed by atoms with van der Waals surface area (Å²) in [6.07, 6.45) is 5.79. The highest BCUT2D eigenvalue weighted by atomic mass is 35.5. The predicted molar refractivity (Wildman–Crippen MR) is 129 cm³/mol. The Hall–Kier alpha value is -3.58. The normalized spacial score (nSPS) is 10.9. The Morgan fingerprint density at radius 1 is 1.12 bits per heavy atom. The van der Waals surface area contributed by atoms with Gasteiger partial charge in [-0.3, -0.25) is 9.36 Å². The molecule has 4 aromatic rings. The van der Waals surface area contributed by atoms with Gasteiger partial charge < -0.3 is 13.9 Å². The molecule has 0 aliphatic heterocycles. The Bertz CT molecular complexity index is 1250. The lowest BCUT2D eigenvalue weighted by atomic mass is 10.1. The number of hydrogen-bond donors (Lipinski definition) is 0. The van der Waals surface area contributed by atoms with Crippen LogP contribution in [0, 0.1) is 6.92 Å². The topological polar surface area (TPSA) is 79.4 Å². The van der Waals surface area contributed by atoms with E-state index in [1.165, 1.54) is 7.11 Å². The molecule has 0 N–H and O–H groups in total. The van der Waals surface area contributed by atoms with Crippen LogP contribution in [0.15, 0.2) is 65.3 Å².